The number of rotatable bonds is 13. The molecule has 1 unspecified atom stereocenters. The zero-order valence-electron chi connectivity index (χ0n) is 19.3. The van der Waals surface area contributed by atoms with Gasteiger partial charge in [-0.15, -0.1) is 0 Å². The van der Waals surface area contributed by atoms with E-state index in [1.165, 1.54) is 4.90 Å². The van der Waals surface area contributed by atoms with Crippen LogP contribution in [0.3, 0.4) is 0 Å². The molecule has 0 aliphatic heterocycles. The number of hydrogen-bond acceptors (Lipinski definition) is 4. The molecule has 1 aromatic heterocycles. The molecule has 2 aromatic rings. The van der Waals surface area contributed by atoms with Gasteiger partial charge in [0.15, 0.2) is 0 Å². The average molecular weight is 442 g/mol. The van der Waals surface area contributed by atoms with E-state index in [1.807, 2.05) is 30.3 Å². The van der Waals surface area contributed by atoms with E-state index in [2.05, 4.69) is 24.1 Å². The fraction of sp³-hybridized carbons (Fsp3) is 0.480. The van der Waals surface area contributed by atoms with Crippen LogP contribution in [-0.4, -0.2) is 35.7 Å². The summed E-state index contributed by atoms with van der Waals surface area (Å²) in [4.78, 5) is 29.7. The largest absolute Gasteiger partial charge is 0.493 e. The fourth-order valence-corrected chi connectivity index (χ4v) is 3.34. The molecular formula is C25H35N3O4. The second-order valence-corrected chi connectivity index (χ2v) is 7.86. The third-order valence-electron chi connectivity index (χ3n) is 5.28. The number of carbonyl (C=O) groups is 2. The van der Waals surface area contributed by atoms with Crippen LogP contribution in [0.25, 0.3) is 0 Å². The van der Waals surface area contributed by atoms with Gasteiger partial charge in [0.2, 0.25) is 0 Å². The van der Waals surface area contributed by atoms with E-state index in [0.717, 1.165) is 43.2 Å². The Morgan fingerprint density at radius 3 is 2.59 bits per heavy atom. The molecule has 0 aliphatic carbocycles. The summed E-state index contributed by atoms with van der Waals surface area (Å²) in [6, 6.07) is 10.8. The number of carbonyl (C=O) groups excluding carboxylic acids is 1. The van der Waals surface area contributed by atoms with Crippen LogP contribution in [0.4, 0.5) is 10.6 Å². The van der Waals surface area contributed by atoms with E-state index in [1.54, 1.807) is 19.3 Å². The van der Waals surface area contributed by atoms with Crippen LogP contribution in [-0.2, 0) is 11.2 Å². The minimum atomic E-state index is -0.826. The van der Waals surface area contributed by atoms with E-state index in [9.17, 15) is 9.59 Å². The molecule has 32 heavy (non-hydrogen) atoms. The molecule has 7 heteroatoms. The highest BCUT2D eigenvalue weighted by molar-refractivity contribution is 5.90. The fourth-order valence-electron chi connectivity index (χ4n) is 3.34. The van der Waals surface area contributed by atoms with Crippen LogP contribution in [0.1, 0.15) is 69.5 Å². The number of unbranched alkanes of at least 4 members (excludes halogenated alkanes) is 2. The Labute approximate surface area is 190 Å². The van der Waals surface area contributed by atoms with Crippen molar-refractivity contribution in [3.8, 4) is 5.75 Å². The lowest BCUT2D eigenvalue weighted by Crippen LogP contribution is -2.40. The molecule has 2 rings (SSSR count). The second kappa shape index (κ2) is 13.3. The van der Waals surface area contributed by atoms with E-state index < -0.39 is 5.97 Å². The number of urea groups is 1. The molecule has 2 amide bonds. The van der Waals surface area contributed by atoms with E-state index in [4.69, 9.17) is 9.84 Å². The molecule has 7 nitrogen and oxygen atoms in total. The maximum Gasteiger partial charge on any atom is 0.323 e. The number of aromatic nitrogens is 1. The minimum absolute atomic E-state index is 0.0681. The molecule has 1 heterocycles. The third-order valence-corrected chi connectivity index (χ3v) is 5.28. The summed E-state index contributed by atoms with van der Waals surface area (Å²) in [5.41, 5.74) is 1.82. The van der Waals surface area contributed by atoms with Crippen molar-refractivity contribution in [1.29, 1.82) is 0 Å². The van der Waals surface area contributed by atoms with E-state index in [0.29, 0.717) is 24.6 Å². The van der Waals surface area contributed by atoms with Gasteiger partial charge in [-0.25, -0.2) is 9.78 Å². The highest BCUT2D eigenvalue weighted by Gasteiger charge is 2.22. The Morgan fingerprint density at radius 1 is 1.16 bits per heavy atom. The maximum atomic E-state index is 13.0. The standard InChI is InChI=1S/C25H35N3O4/c1-4-6-10-21(27-25(31)28(3)23-11-8-9-16-26-23)20-14-12-19(13-15-24(29)30)18-22(20)32-17-7-5-2/h8-9,11-12,14,16,18,21H,4-7,10,13,15,17H2,1-3H3,(H,27,31)(H,29,30). The zero-order valence-corrected chi connectivity index (χ0v) is 19.3. The molecule has 0 bridgehead atoms. The number of nitrogens with zero attached hydrogens (tertiary/aromatic N) is 2. The summed E-state index contributed by atoms with van der Waals surface area (Å²) in [5.74, 6) is 0.457. The van der Waals surface area contributed by atoms with Crippen molar-refractivity contribution in [2.24, 2.45) is 0 Å². The zero-order chi connectivity index (χ0) is 23.3. The van der Waals surface area contributed by atoms with Crippen LogP contribution in [0.15, 0.2) is 42.6 Å². The lowest BCUT2D eigenvalue weighted by atomic mass is 9.97. The third kappa shape index (κ3) is 7.87. The number of nitrogens with one attached hydrogen (secondary N) is 1. The Kier molecular flexibility index (Phi) is 10.5. The lowest BCUT2D eigenvalue weighted by molar-refractivity contribution is -0.136. The Morgan fingerprint density at radius 2 is 1.94 bits per heavy atom. The summed E-state index contributed by atoms with van der Waals surface area (Å²) in [5, 5.41) is 12.2. The Bertz CT molecular complexity index is 858. The molecule has 174 valence electrons. The van der Waals surface area contributed by atoms with Gasteiger partial charge >= 0.3 is 12.0 Å². The predicted octanol–water partition coefficient (Wildman–Crippen LogP) is 5.36. The number of carboxylic acid groups (broad SMARTS) is 1. The first-order chi connectivity index (χ1) is 15.5. The molecule has 0 spiro atoms. The first kappa shape index (κ1) is 25.2. The first-order valence-corrected chi connectivity index (χ1v) is 11.4. The molecule has 0 aliphatic rings. The quantitative estimate of drug-likeness (QED) is 0.409. The number of pyridine rings is 1. The second-order valence-electron chi connectivity index (χ2n) is 7.86. The normalized spacial score (nSPS) is 11.6. The molecule has 0 saturated heterocycles. The van der Waals surface area contributed by atoms with Crippen molar-refractivity contribution >= 4 is 17.8 Å². The molecule has 0 radical (unpaired) electrons. The van der Waals surface area contributed by atoms with Crippen molar-refractivity contribution in [2.45, 2.75) is 64.8 Å². The summed E-state index contributed by atoms with van der Waals surface area (Å²) in [7, 11) is 1.70. The summed E-state index contributed by atoms with van der Waals surface area (Å²) in [6.07, 6.45) is 6.83. The highest BCUT2D eigenvalue weighted by atomic mass is 16.5. The number of carboxylic acids is 1. The van der Waals surface area contributed by atoms with Crippen molar-refractivity contribution in [3.05, 3.63) is 53.7 Å². The topological polar surface area (TPSA) is 91.8 Å². The number of amides is 2. The number of anilines is 1. The molecule has 0 fully saturated rings. The van der Waals surface area contributed by atoms with Crippen molar-refractivity contribution < 1.29 is 19.4 Å². The van der Waals surface area contributed by atoms with Crippen molar-refractivity contribution in [2.75, 3.05) is 18.6 Å². The highest BCUT2D eigenvalue weighted by Crippen LogP contribution is 2.31. The lowest BCUT2D eigenvalue weighted by Gasteiger charge is -2.25. The van der Waals surface area contributed by atoms with Crippen LogP contribution in [0.5, 0.6) is 5.75 Å². The van der Waals surface area contributed by atoms with Crippen LogP contribution >= 0.6 is 0 Å². The SMILES string of the molecule is CCCCOc1cc(CCC(=O)O)ccc1C(CCCC)NC(=O)N(C)c1ccccn1. The van der Waals surface area contributed by atoms with Crippen LogP contribution in [0, 0.1) is 0 Å². The van der Waals surface area contributed by atoms with Gasteiger partial charge in [-0.05, 0) is 43.0 Å². The van der Waals surface area contributed by atoms with Gasteiger partial charge in [0, 0.05) is 25.2 Å². The molecular weight excluding hydrogens is 406 g/mol. The van der Waals surface area contributed by atoms with Gasteiger partial charge in [0.1, 0.15) is 11.6 Å². The number of hydrogen-bond donors (Lipinski definition) is 2. The van der Waals surface area contributed by atoms with Gasteiger partial charge in [0.25, 0.3) is 0 Å². The van der Waals surface area contributed by atoms with Gasteiger partial charge in [-0.3, -0.25) is 9.69 Å². The van der Waals surface area contributed by atoms with Crippen molar-refractivity contribution in [3.63, 3.8) is 0 Å². The number of aliphatic carboxylic acids is 1. The Balaban J connectivity index is 2.27. The Hall–Kier alpha value is -3.09. The number of benzene rings is 1. The summed E-state index contributed by atoms with van der Waals surface area (Å²) >= 11 is 0. The van der Waals surface area contributed by atoms with Crippen LogP contribution < -0.4 is 15.0 Å². The van der Waals surface area contributed by atoms with Gasteiger partial charge in [-0.2, -0.15) is 0 Å². The predicted molar refractivity (Wildman–Crippen MR) is 126 cm³/mol. The molecule has 2 N–H and O–H groups in total. The number of ether oxygens (including phenoxy) is 1. The molecule has 0 saturated carbocycles. The average Bonchev–Trinajstić information content (AvgIpc) is 2.80. The van der Waals surface area contributed by atoms with Gasteiger partial charge in [0.05, 0.1) is 12.6 Å². The first-order valence-electron chi connectivity index (χ1n) is 11.4. The smallest absolute Gasteiger partial charge is 0.323 e. The number of aryl methyl sites for hydroxylation is 1. The van der Waals surface area contributed by atoms with Crippen LogP contribution in [0.2, 0.25) is 0 Å². The summed E-state index contributed by atoms with van der Waals surface area (Å²) in [6.45, 7) is 4.80. The molecule has 1 aromatic carbocycles. The van der Waals surface area contributed by atoms with E-state index in [-0.39, 0.29) is 18.5 Å². The van der Waals surface area contributed by atoms with E-state index >= 15 is 0 Å². The monoisotopic (exact) mass is 441 g/mol. The summed E-state index contributed by atoms with van der Waals surface area (Å²) < 4.78 is 6.09. The maximum absolute atomic E-state index is 13.0. The van der Waals surface area contributed by atoms with Gasteiger partial charge in [-0.1, -0.05) is 51.3 Å². The minimum Gasteiger partial charge on any atom is -0.493 e. The molecule has 1 atom stereocenters. The van der Waals surface area contributed by atoms with Crippen molar-refractivity contribution in [1.82, 2.24) is 10.3 Å². The van der Waals surface area contributed by atoms with Gasteiger partial charge < -0.3 is 15.2 Å².